The average Bonchev–Trinajstić information content (AvgIpc) is 0.729. The van der Waals surface area contributed by atoms with E-state index in [-0.39, 0.29) is 26.4 Å². The molecule has 0 N–H and O–H groups in total. The predicted molar refractivity (Wildman–Crippen MR) is 571 cm³/mol. The summed E-state index contributed by atoms with van der Waals surface area (Å²) in [6.45, 7) is 26.9. The second kappa shape index (κ2) is 72.1. The summed E-state index contributed by atoms with van der Waals surface area (Å²) in [5, 5.41) is 12.3. The molecule has 9 rings (SSSR count). The minimum atomic E-state index is 0.265. The minimum Gasteiger partial charge on any atom is -0.490 e. The third kappa shape index (κ3) is 41.9. The van der Waals surface area contributed by atoms with E-state index in [0.717, 1.165) is 213 Å². The molecule has 8 aromatic carbocycles. The molecule has 764 valence electrons. The molecule has 8 aromatic rings. The standard InChI is InChI=1S/C120H188O16/c1-9-17-25-33-41-49-57-65-125-109-85-97-98-86-110(126-66-58-50-42-34-26-18-10-2)114(130-70-62-54-46-38-30-22-14-6)90-102(98)106-94-118-117(93-105(106)101(97)89-113(109)129-69-61-53-45-37-29-21-13-5)133-81-77-121-73-74-123-79-83-135-119-95-107-103-91-115(131-71-63-55-47-39-31-23-15-7)111(127-67-59-51-43-35-27-19-11-3)87-99(103)100-88-112(128-68-60-52-44-36-28-20-12-4)116(132-72-64-56-48-40-32-24-16-8)92-104(100)108(107)96-120(119)136-84-80-124-76-75-122-78-82-134-118/h85-96H,9-84H2,1-8H3. The van der Waals surface area contributed by atoms with Crippen LogP contribution in [0.25, 0.3) is 64.6 Å². The van der Waals surface area contributed by atoms with Crippen molar-refractivity contribution in [1.29, 1.82) is 0 Å². The minimum absolute atomic E-state index is 0.265. The lowest BCUT2D eigenvalue weighted by Gasteiger charge is -2.21. The normalized spacial score (nSPS) is 13.5. The molecule has 1 aliphatic heterocycles. The second-order valence-electron chi connectivity index (χ2n) is 38.7. The molecular formula is C120H188O16. The van der Waals surface area contributed by atoms with Gasteiger partial charge >= 0.3 is 0 Å². The first-order valence-corrected chi connectivity index (χ1v) is 56.3. The summed E-state index contributed by atoms with van der Waals surface area (Å²) in [6, 6.07) is 26.5. The Morgan fingerprint density at radius 2 is 0.250 bits per heavy atom. The van der Waals surface area contributed by atoms with E-state index in [1.807, 2.05) is 0 Å². The van der Waals surface area contributed by atoms with Crippen LogP contribution in [0.4, 0.5) is 0 Å². The first kappa shape index (κ1) is 112. The van der Waals surface area contributed by atoms with E-state index in [2.05, 4.69) is 128 Å². The zero-order chi connectivity index (χ0) is 95.4. The van der Waals surface area contributed by atoms with Crippen LogP contribution in [0, 0.1) is 0 Å². The Balaban J connectivity index is 1.04. The Bertz CT molecular complexity index is 3890. The summed E-state index contributed by atoms with van der Waals surface area (Å²) in [5.41, 5.74) is 0. The van der Waals surface area contributed by atoms with Crippen LogP contribution in [0.15, 0.2) is 72.8 Å². The van der Waals surface area contributed by atoms with Crippen LogP contribution in [0.2, 0.25) is 0 Å². The van der Waals surface area contributed by atoms with Crippen molar-refractivity contribution < 1.29 is 75.8 Å². The summed E-state index contributed by atoms with van der Waals surface area (Å²) in [4.78, 5) is 0. The third-order valence-corrected chi connectivity index (χ3v) is 27.0. The molecule has 16 heteroatoms. The molecule has 0 aliphatic carbocycles. The number of benzene rings is 8. The lowest BCUT2D eigenvalue weighted by Crippen LogP contribution is -2.15. The molecule has 136 heavy (non-hydrogen) atoms. The highest BCUT2D eigenvalue weighted by atomic mass is 16.6. The summed E-state index contributed by atoms with van der Waals surface area (Å²) < 4.78 is 109. The fraction of sp³-hybridized carbons (Fsp3) is 0.700. The van der Waals surface area contributed by atoms with Crippen molar-refractivity contribution in [2.75, 3.05) is 132 Å². The van der Waals surface area contributed by atoms with E-state index < -0.39 is 0 Å². The van der Waals surface area contributed by atoms with Gasteiger partial charge in [0, 0.05) is 0 Å². The number of hydrogen-bond donors (Lipinski definition) is 0. The van der Waals surface area contributed by atoms with Gasteiger partial charge in [-0.25, -0.2) is 0 Å². The molecule has 0 saturated heterocycles. The highest BCUT2D eigenvalue weighted by molar-refractivity contribution is 6.28. The van der Waals surface area contributed by atoms with Crippen LogP contribution < -0.4 is 56.8 Å². The lowest BCUT2D eigenvalue weighted by atomic mass is 9.93. The predicted octanol–water partition coefficient (Wildman–Crippen LogP) is 34.9. The van der Waals surface area contributed by atoms with E-state index >= 15 is 0 Å². The molecule has 1 heterocycles. The topological polar surface area (TPSA) is 148 Å². The van der Waals surface area contributed by atoms with Crippen molar-refractivity contribution in [2.24, 2.45) is 0 Å². The number of ether oxygens (including phenoxy) is 16. The summed E-state index contributed by atoms with van der Waals surface area (Å²) in [5.74, 6) is 8.53. The fourth-order valence-corrected chi connectivity index (χ4v) is 18.8. The van der Waals surface area contributed by atoms with Gasteiger partial charge < -0.3 is 75.8 Å². The monoisotopic (exact) mass is 1890 g/mol. The molecule has 0 fully saturated rings. The smallest absolute Gasteiger partial charge is 0.161 e. The van der Waals surface area contributed by atoms with Gasteiger partial charge in [-0.2, -0.15) is 0 Å². The van der Waals surface area contributed by atoms with Crippen molar-refractivity contribution in [1.82, 2.24) is 0 Å². The Hall–Kier alpha value is -7.24. The van der Waals surface area contributed by atoms with Gasteiger partial charge in [-0.1, -0.05) is 364 Å². The number of unbranched alkanes of at least 4 members (excludes halogenated alkanes) is 48. The molecule has 16 nitrogen and oxygen atoms in total. The van der Waals surface area contributed by atoms with Crippen LogP contribution in [-0.2, 0) is 18.9 Å². The molecule has 0 radical (unpaired) electrons. The quantitative estimate of drug-likeness (QED) is 0.0263. The number of rotatable bonds is 72. The summed E-state index contributed by atoms with van der Waals surface area (Å²) in [6.07, 6.45) is 67.1. The van der Waals surface area contributed by atoms with Crippen molar-refractivity contribution in [3.63, 3.8) is 0 Å². The van der Waals surface area contributed by atoms with Crippen molar-refractivity contribution in [3.8, 4) is 69.0 Å². The van der Waals surface area contributed by atoms with Gasteiger partial charge in [0.25, 0.3) is 0 Å². The largest absolute Gasteiger partial charge is 0.490 e. The molecule has 0 saturated carbocycles. The highest BCUT2D eigenvalue weighted by Gasteiger charge is 2.25. The molecule has 0 atom stereocenters. The first-order valence-electron chi connectivity index (χ1n) is 56.3. The van der Waals surface area contributed by atoms with Gasteiger partial charge in [-0.3, -0.25) is 0 Å². The molecular weight excluding hydrogens is 1700 g/mol. The Labute approximate surface area is 824 Å². The SMILES string of the molecule is CCCCCCCCCOc1cc2c3cc(OCCCCCCCCC)c(OCCCCCCCCC)cc3c3cc4c(cc3c2cc1OCCCCCCCCC)OCCOCCOCCOc1cc2c3cc(OCCCCCCCCC)c(OCCCCCCCCC)cc3c3cc(OCCCCCCCCC)c(OCCCCCCCCC)cc3c2cc1OCCOCCOCCO4. The Kier molecular flexibility index (Phi) is 59.6. The number of hydrogen-bond acceptors (Lipinski definition) is 16. The molecule has 0 unspecified atom stereocenters. The van der Waals surface area contributed by atoms with Crippen molar-refractivity contribution >= 4 is 64.6 Å². The van der Waals surface area contributed by atoms with E-state index in [9.17, 15) is 0 Å². The lowest BCUT2D eigenvalue weighted by molar-refractivity contribution is 0.0224. The molecule has 0 aromatic heterocycles. The van der Waals surface area contributed by atoms with Crippen LogP contribution in [0.5, 0.6) is 69.0 Å². The van der Waals surface area contributed by atoms with Gasteiger partial charge in [-0.05, 0) is 189 Å². The molecule has 0 bridgehead atoms. The highest BCUT2D eigenvalue weighted by Crippen LogP contribution is 2.51. The van der Waals surface area contributed by atoms with Crippen molar-refractivity contribution in [3.05, 3.63) is 72.8 Å². The van der Waals surface area contributed by atoms with E-state index in [0.29, 0.717) is 129 Å². The summed E-state index contributed by atoms with van der Waals surface area (Å²) >= 11 is 0. The van der Waals surface area contributed by atoms with Gasteiger partial charge in [0.2, 0.25) is 0 Å². The maximum Gasteiger partial charge on any atom is 0.161 e. The maximum absolute atomic E-state index is 6.95. The van der Waals surface area contributed by atoms with Crippen LogP contribution in [0.3, 0.4) is 0 Å². The van der Waals surface area contributed by atoms with Crippen molar-refractivity contribution in [2.45, 2.75) is 415 Å². The zero-order valence-electron chi connectivity index (χ0n) is 87.2. The van der Waals surface area contributed by atoms with Gasteiger partial charge in [-0.15, -0.1) is 0 Å². The molecule has 1 aliphatic rings. The van der Waals surface area contributed by atoms with Crippen LogP contribution in [-0.4, -0.2) is 132 Å². The van der Waals surface area contributed by atoms with E-state index in [4.69, 9.17) is 75.8 Å². The Morgan fingerprint density at radius 3 is 0.382 bits per heavy atom. The molecule has 0 spiro atoms. The Morgan fingerprint density at radius 1 is 0.140 bits per heavy atom. The van der Waals surface area contributed by atoms with Crippen LogP contribution in [0.1, 0.15) is 415 Å². The van der Waals surface area contributed by atoms with Gasteiger partial charge in [0.05, 0.1) is 106 Å². The fourth-order valence-electron chi connectivity index (χ4n) is 18.8. The summed E-state index contributed by atoms with van der Waals surface area (Å²) in [7, 11) is 0. The van der Waals surface area contributed by atoms with Gasteiger partial charge in [0.15, 0.2) is 69.0 Å². The van der Waals surface area contributed by atoms with Gasteiger partial charge in [0.1, 0.15) is 26.4 Å². The first-order chi connectivity index (χ1) is 67.4. The van der Waals surface area contributed by atoms with E-state index in [1.165, 1.54) is 257 Å². The van der Waals surface area contributed by atoms with Crippen LogP contribution >= 0.6 is 0 Å². The zero-order valence-corrected chi connectivity index (χ0v) is 87.2. The second-order valence-corrected chi connectivity index (χ2v) is 38.7. The third-order valence-electron chi connectivity index (χ3n) is 27.0. The van der Waals surface area contributed by atoms with E-state index in [1.54, 1.807) is 0 Å². The molecule has 0 amide bonds. The average molecular weight is 1890 g/mol. The number of fused-ring (bicyclic) bond motifs is 14. The maximum atomic E-state index is 6.95.